The third-order valence-corrected chi connectivity index (χ3v) is 3.46. The van der Waals surface area contributed by atoms with E-state index in [1.807, 2.05) is 0 Å². The van der Waals surface area contributed by atoms with Crippen molar-refractivity contribution < 1.29 is 0 Å². The summed E-state index contributed by atoms with van der Waals surface area (Å²) in [5, 5.41) is 6.66. The van der Waals surface area contributed by atoms with Gasteiger partial charge < -0.3 is 11.1 Å². The van der Waals surface area contributed by atoms with Crippen LogP contribution in [0.3, 0.4) is 0 Å². The molecule has 1 heterocycles. The van der Waals surface area contributed by atoms with Crippen LogP contribution in [0.4, 0.5) is 5.13 Å². The zero-order chi connectivity index (χ0) is 9.80. The van der Waals surface area contributed by atoms with Crippen LogP contribution in [0.15, 0.2) is 5.38 Å². The minimum Gasteiger partial charge on any atom is -0.359 e. The minimum absolute atomic E-state index is 0.659. The summed E-state index contributed by atoms with van der Waals surface area (Å²) in [6.07, 6.45) is 6.21. The Bertz CT molecular complexity index is 279. The Morgan fingerprint density at radius 3 is 3.00 bits per heavy atom. The Hall–Kier alpha value is -0.610. The molecule has 0 atom stereocenters. The number of hydrogen-bond donors (Lipinski definition) is 2. The lowest BCUT2D eigenvalue weighted by atomic mass is 10.3. The molecule has 14 heavy (non-hydrogen) atoms. The first-order valence-electron chi connectivity index (χ1n) is 5.29. The molecule has 2 rings (SSSR count). The number of nitrogens with zero attached hydrogens (tertiary/aromatic N) is 1. The van der Waals surface area contributed by atoms with E-state index in [-0.39, 0.29) is 0 Å². The van der Waals surface area contributed by atoms with Gasteiger partial charge >= 0.3 is 0 Å². The van der Waals surface area contributed by atoms with Crippen LogP contribution in [0.5, 0.6) is 0 Å². The van der Waals surface area contributed by atoms with Gasteiger partial charge in [-0.05, 0) is 19.4 Å². The van der Waals surface area contributed by atoms with Crippen LogP contribution < -0.4 is 11.1 Å². The van der Waals surface area contributed by atoms with Crippen LogP contribution >= 0.6 is 11.3 Å². The maximum absolute atomic E-state index is 5.48. The lowest BCUT2D eigenvalue weighted by molar-refractivity contribution is 0.753. The number of nitrogens with one attached hydrogen (secondary N) is 1. The first kappa shape index (κ1) is 9.93. The number of aromatic nitrogens is 1. The predicted octanol–water partition coefficient (Wildman–Crippen LogP) is 2.00. The molecule has 3 N–H and O–H groups in total. The molecular weight excluding hydrogens is 194 g/mol. The van der Waals surface area contributed by atoms with E-state index < -0.39 is 0 Å². The van der Waals surface area contributed by atoms with Gasteiger partial charge in [0.15, 0.2) is 5.13 Å². The Morgan fingerprint density at radius 1 is 1.50 bits per heavy atom. The van der Waals surface area contributed by atoms with E-state index in [1.165, 1.54) is 25.7 Å². The first-order valence-corrected chi connectivity index (χ1v) is 6.17. The SMILES string of the molecule is NCCc1csc(NC2CCCC2)n1. The van der Waals surface area contributed by atoms with Gasteiger partial charge in [-0.15, -0.1) is 11.3 Å². The smallest absolute Gasteiger partial charge is 0.183 e. The van der Waals surface area contributed by atoms with Gasteiger partial charge in [-0.2, -0.15) is 0 Å². The van der Waals surface area contributed by atoms with Gasteiger partial charge in [0.2, 0.25) is 0 Å². The van der Waals surface area contributed by atoms with Gasteiger partial charge in [-0.25, -0.2) is 4.98 Å². The fraction of sp³-hybridized carbons (Fsp3) is 0.700. The Balaban J connectivity index is 1.88. The minimum atomic E-state index is 0.659. The highest BCUT2D eigenvalue weighted by Crippen LogP contribution is 2.24. The second-order valence-corrected chi connectivity index (χ2v) is 4.67. The fourth-order valence-corrected chi connectivity index (χ4v) is 2.70. The third-order valence-electron chi connectivity index (χ3n) is 2.63. The zero-order valence-corrected chi connectivity index (χ0v) is 9.15. The number of hydrogen-bond acceptors (Lipinski definition) is 4. The van der Waals surface area contributed by atoms with Crippen LogP contribution in [0.2, 0.25) is 0 Å². The van der Waals surface area contributed by atoms with Gasteiger partial charge in [0, 0.05) is 17.8 Å². The van der Waals surface area contributed by atoms with E-state index in [9.17, 15) is 0 Å². The largest absolute Gasteiger partial charge is 0.359 e. The van der Waals surface area contributed by atoms with Crippen molar-refractivity contribution in [2.24, 2.45) is 5.73 Å². The van der Waals surface area contributed by atoms with Gasteiger partial charge in [-0.1, -0.05) is 12.8 Å². The second kappa shape index (κ2) is 4.75. The van der Waals surface area contributed by atoms with Crippen LogP contribution in [-0.4, -0.2) is 17.6 Å². The molecule has 0 spiro atoms. The summed E-state index contributed by atoms with van der Waals surface area (Å²) in [6, 6.07) is 0.659. The molecule has 78 valence electrons. The molecule has 0 unspecified atom stereocenters. The summed E-state index contributed by atoms with van der Waals surface area (Å²) >= 11 is 1.70. The Kier molecular flexibility index (Phi) is 3.37. The van der Waals surface area contributed by atoms with Crippen molar-refractivity contribution in [3.8, 4) is 0 Å². The van der Waals surface area contributed by atoms with E-state index in [0.29, 0.717) is 12.6 Å². The molecule has 0 amide bonds. The average molecular weight is 211 g/mol. The highest BCUT2D eigenvalue weighted by molar-refractivity contribution is 7.13. The molecule has 4 heteroatoms. The molecule has 0 saturated heterocycles. The topological polar surface area (TPSA) is 50.9 Å². The van der Waals surface area contributed by atoms with E-state index >= 15 is 0 Å². The van der Waals surface area contributed by atoms with E-state index in [0.717, 1.165) is 17.2 Å². The standard InChI is InChI=1S/C10H17N3S/c11-6-5-9-7-14-10(13-9)12-8-3-1-2-4-8/h7-8H,1-6,11H2,(H,12,13). The molecule has 1 saturated carbocycles. The van der Waals surface area contributed by atoms with Gasteiger partial charge in [0.1, 0.15) is 0 Å². The van der Waals surface area contributed by atoms with Gasteiger partial charge in [0.25, 0.3) is 0 Å². The molecule has 0 aliphatic heterocycles. The van der Waals surface area contributed by atoms with Crippen molar-refractivity contribution >= 4 is 16.5 Å². The summed E-state index contributed by atoms with van der Waals surface area (Å²) in [5.74, 6) is 0. The quantitative estimate of drug-likeness (QED) is 0.801. The van der Waals surface area contributed by atoms with Crippen molar-refractivity contribution in [3.05, 3.63) is 11.1 Å². The maximum Gasteiger partial charge on any atom is 0.183 e. The molecule has 1 aliphatic rings. The summed E-state index contributed by atoms with van der Waals surface area (Å²) < 4.78 is 0. The van der Waals surface area contributed by atoms with Crippen LogP contribution in [0.1, 0.15) is 31.4 Å². The number of thiazole rings is 1. The molecule has 3 nitrogen and oxygen atoms in total. The predicted molar refractivity (Wildman–Crippen MR) is 60.8 cm³/mol. The first-order chi connectivity index (χ1) is 6.88. The highest BCUT2D eigenvalue weighted by atomic mass is 32.1. The summed E-state index contributed by atoms with van der Waals surface area (Å²) in [6.45, 7) is 0.687. The maximum atomic E-state index is 5.48. The summed E-state index contributed by atoms with van der Waals surface area (Å²) in [4.78, 5) is 4.49. The number of nitrogens with two attached hydrogens (primary N) is 1. The molecule has 0 aromatic carbocycles. The number of anilines is 1. The molecule has 0 radical (unpaired) electrons. The van der Waals surface area contributed by atoms with Crippen molar-refractivity contribution in [1.29, 1.82) is 0 Å². The van der Waals surface area contributed by atoms with Crippen LogP contribution in [0.25, 0.3) is 0 Å². The number of rotatable bonds is 4. The van der Waals surface area contributed by atoms with Crippen molar-refractivity contribution in [3.63, 3.8) is 0 Å². The normalized spacial score (nSPS) is 17.5. The van der Waals surface area contributed by atoms with Crippen LogP contribution in [-0.2, 0) is 6.42 Å². The van der Waals surface area contributed by atoms with Crippen molar-refractivity contribution in [2.45, 2.75) is 38.1 Å². The van der Waals surface area contributed by atoms with Crippen LogP contribution in [0, 0.1) is 0 Å². The average Bonchev–Trinajstić information content (AvgIpc) is 2.79. The van der Waals surface area contributed by atoms with Crippen molar-refractivity contribution in [2.75, 3.05) is 11.9 Å². The van der Waals surface area contributed by atoms with E-state index in [1.54, 1.807) is 11.3 Å². The monoisotopic (exact) mass is 211 g/mol. The van der Waals surface area contributed by atoms with Gasteiger partial charge in [0.05, 0.1) is 5.69 Å². The molecule has 1 aliphatic carbocycles. The lowest BCUT2D eigenvalue weighted by Crippen LogP contribution is -2.14. The highest BCUT2D eigenvalue weighted by Gasteiger charge is 2.15. The van der Waals surface area contributed by atoms with Crippen molar-refractivity contribution in [1.82, 2.24) is 4.98 Å². The molecule has 1 aromatic rings. The Labute approximate surface area is 88.7 Å². The summed E-state index contributed by atoms with van der Waals surface area (Å²) in [7, 11) is 0. The summed E-state index contributed by atoms with van der Waals surface area (Å²) in [5.41, 5.74) is 6.60. The third kappa shape index (κ3) is 2.45. The Morgan fingerprint density at radius 2 is 2.29 bits per heavy atom. The molecule has 1 aromatic heterocycles. The zero-order valence-electron chi connectivity index (χ0n) is 8.33. The fourth-order valence-electron chi connectivity index (χ4n) is 1.88. The molecular formula is C10H17N3S. The molecule has 0 bridgehead atoms. The van der Waals surface area contributed by atoms with Gasteiger partial charge in [-0.3, -0.25) is 0 Å². The molecule has 1 fully saturated rings. The van der Waals surface area contributed by atoms with E-state index in [4.69, 9.17) is 5.73 Å². The second-order valence-electron chi connectivity index (χ2n) is 3.81. The van der Waals surface area contributed by atoms with E-state index in [2.05, 4.69) is 15.7 Å². The lowest BCUT2D eigenvalue weighted by Gasteiger charge is -2.09.